The Kier molecular flexibility index (Phi) is 7.17. The van der Waals surface area contributed by atoms with Gasteiger partial charge in [-0.3, -0.25) is 0 Å². The second-order valence-electron chi connectivity index (χ2n) is 3.91. The molecule has 1 unspecified atom stereocenters. The quantitative estimate of drug-likeness (QED) is 0.556. The molecule has 0 aromatic heterocycles. The van der Waals surface area contributed by atoms with Crippen molar-refractivity contribution in [1.82, 2.24) is 4.72 Å². The smallest absolute Gasteiger partial charge is 0.242 e. The first-order valence-electron chi connectivity index (χ1n) is 5.55. The largest absolute Gasteiger partial charge is 0.384 e. The minimum Gasteiger partial charge on any atom is -0.384 e. The van der Waals surface area contributed by atoms with E-state index in [1.165, 1.54) is 0 Å². The van der Waals surface area contributed by atoms with Crippen LogP contribution in [0.4, 0.5) is 4.39 Å². The van der Waals surface area contributed by atoms with E-state index in [1.54, 1.807) is 7.11 Å². The van der Waals surface area contributed by atoms with Crippen LogP contribution in [0.25, 0.3) is 0 Å². The third-order valence-electron chi connectivity index (χ3n) is 2.39. The Bertz CT molecular complexity index is 571. The van der Waals surface area contributed by atoms with Gasteiger partial charge in [0.2, 0.25) is 10.0 Å². The molecular formula is C11H13BrCl2FNO3S. The fourth-order valence-electron chi connectivity index (χ4n) is 1.41. The lowest BCUT2D eigenvalue weighted by atomic mass is 10.3. The minimum atomic E-state index is -3.88. The van der Waals surface area contributed by atoms with Gasteiger partial charge in [-0.2, -0.15) is 0 Å². The van der Waals surface area contributed by atoms with Crippen molar-refractivity contribution in [3.05, 3.63) is 28.0 Å². The van der Waals surface area contributed by atoms with Crippen molar-refractivity contribution in [2.45, 2.75) is 16.1 Å². The van der Waals surface area contributed by atoms with Crippen molar-refractivity contribution in [2.75, 3.05) is 20.3 Å². The predicted octanol–water partition coefficient (Wildman–Crippen LogP) is 3.21. The van der Waals surface area contributed by atoms with E-state index in [-0.39, 0.29) is 21.3 Å². The van der Waals surface area contributed by atoms with Crippen LogP contribution in [0.2, 0.25) is 10.0 Å². The molecule has 4 nitrogen and oxygen atoms in total. The van der Waals surface area contributed by atoms with Gasteiger partial charge in [0.05, 0.1) is 16.7 Å². The lowest BCUT2D eigenvalue weighted by molar-refractivity contribution is 0.199. The molecule has 0 aliphatic heterocycles. The zero-order valence-electron chi connectivity index (χ0n) is 10.5. The maximum atomic E-state index is 13.5. The molecule has 0 saturated carbocycles. The van der Waals surface area contributed by atoms with Gasteiger partial charge < -0.3 is 4.74 Å². The van der Waals surface area contributed by atoms with Gasteiger partial charge >= 0.3 is 0 Å². The van der Waals surface area contributed by atoms with Gasteiger partial charge in [-0.25, -0.2) is 17.5 Å². The normalized spacial score (nSPS) is 13.4. The van der Waals surface area contributed by atoms with E-state index in [2.05, 4.69) is 20.7 Å². The number of nitrogens with one attached hydrogen (secondary N) is 1. The Balaban J connectivity index is 2.77. The summed E-state index contributed by atoms with van der Waals surface area (Å²) >= 11 is 14.5. The number of alkyl halides is 1. The molecule has 1 N–H and O–H groups in total. The lowest BCUT2D eigenvalue weighted by Gasteiger charge is -2.11. The first-order valence-corrected chi connectivity index (χ1v) is 8.71. The Hall–Kier alpha value is 0.0800. The summed E-state index contributed by atoms with van der Waals surface area (Å²) < 4.78 is 44.8. The van der Waals surface area contributed by atoms with Gasteiger partial charge in [0.15, 0.2) is 5.82 Å². The summed E-state index contributed by atoms with van der Waals surface area (Å²) in [5.74, 6) is -0.950. The maximum absolute atomic E-state index is 13.5. The molecule has 0 aliphatic rings. The number of methoxy groups -OCH3 is 1. The highest BCUT2D eigenvalue weighted by atomic mass is 79.9. The van der Waals surface area contributed by atoms with Crippen LogP contribution in [0.5, 0.6) is 0 Å². The molecule has 1 atom stereocenters. The summed E-state index contributed by atoms with van der Waals surface area (Å²) in [6, 6.07) is 2.31. The molecule has 1 aromatic carbocycles. The highest BCUT2D eigenvalue weighted by Crippen LogP contribution is 2.29. The van der Waals surface area contributed by atoms with Gasteiger partial charge in [-0.15, -0.1) is 0 Å². The number of rotatable bonds is 7. The van der Waals surface area contributed by atoms with Gasteiger partial charge in [-0.05, 0) is 18.6 Å². The van der Waals surface area contributed by atoms with E-state index in [0.29, 0.717) is 13.0 Å². The Morgan fingerprint density at radius 3 is 2.70 bits per heavy atom. The third kappa shape index (κ3) is 4.82. The van der Waals surface area contributed by atoms with Gasteiger partial charge in [0.1, 0.15) is 4.90 Å². The van der Waals surface area contributed by atoms with E-state index in [9.17, 15) is 12.8 Å². The van der Waals surface area contributed by atoms with Crippen molar-refractivity contribution in [3.63, 3.8) is 0 Å². The molecule has 0 saturated heterocycles. The van der Waals surface area contributed by atoms with Crippen molar-refractivity contribution in [3.8, 4) is 0 Å². The molecule has 1 aromatic rings. The zero-order valence-corrected chi connectivity index (χ0v) is 14.4. The Morgan fingerprint density at radius 2 is 2.10 bits per heavy atom. The second-order valence-corrected chi connectivity index (χ2v) is 7.73. The summed E-state index contributed by atoms with van der Waals surface area (Å²) in [5.41, 5.74) is 0. The summed E-state index contributed by atoms with van der Waals surface area (Å²) in [6.45, 7) is 0.625. The third-order valence-corrected chi connectivity index (χ3v) is 5.39. The summed E-state index contributed by atoms with van der Waals surface area (Å²) in [4.78, 5) is -0.313. The fraction of sp³-hybridized carbons (Fsp3) is 0.455. The average Bonchev–Trinajstić information content (AvgIpc) is 2.35. The number of benzene rings is 1. The maximum Gasteiger partial charge on any atom is 0.242 e. The Morgan fingerprint density at radius 1 is 1.45 bits per heavy atom. The molecule has 0 fully saturated rings. The lowest BCUT2D eigenvalue weighted by Crippen LogP contribution is -2.27. The molecule has 0 amide bonds. The average molecular weight is 409 g/mol. The number of hydrogen-bond donors (Lipinski definition) is 1. The van der Waals surface area contributed by atoms with Crippen molar-refractivity contribution >= 4 is 49.2 Å². The SMILES string of the molecule is COCC(Br)CCNS(=O)(=O)c1ccc(Cl)c(F)c1Cl. The molecule has 0 radical (unpaired) electrons. The van der Waals surface area contributed by atoms with Crippen LogP contribution in [0.1, 0.15) is 6.42 Å². The molecule has 0 spiro atoms. The van der Waals surface area contributed by atoms with Crippen LogP contribution in [0.3, 0.4) is 0 Å². The van der Waals surface area contributed by atoms with Gasteiger partial charge in [-0.1, -0.05) is 39.1 Å². The van der Waals surface area contributed by atoms with Crippen LogP contribution in [0.15, 0.2) is 17.0 Å². The predicted molar refractivity (Wildman–Crippen MR) is 80.8 cm³/mol. The molecule has 9 heteroatoms. The van der Waals surface area contributed by atoms with E-state index in [1.807, 2.05) is 0 Å². The fourth-order valence-corrected chi connectivity index (χ4v) is 3.69. The summed E-state index contributed by atoms with van der Waals surface area (Å²) in [5, 5.41) is -0.744. The number of ether oxygens (including phenoxy) is 1. The topological polar surface area (TPSA) is 55.4 Å². The summed E-state index contributed by atoms with van der Waals surface area (Å²) in [6.07, 6.45) is 0.515. The number of halogens is 4. The number of sulfonamides is 1. The van der Waals surface area contributed by atoms with E-state index >= 15 is 0 Å². The Labute approximate surface area is 135 Å². The molecule has 114 valence electrons. The monoisotopic (exact) mass is 407 g/mol. The van der Waals surface area contributed by atoms with Crippen LogP contribution in [0, 0.1) is 5.82 Å². The van der Waals surface area contributed by atoms with Gasteiger partial charge in [0.25, 0.3) is 0 Å². The van der Waals surface area contributed by atoms with Gasteiger partial charge in [0, 0.05) is 18.5 Å². The minimum absolute atomic E-state index is 0.0209. The van der Waals surface area contributed by atoms with Crippen LogP contribution in [-0.2, 0) is 14.8 Å². The van der Waals surface area contributed by atoms with Crippen molar-refractivity contribution in [1.29, 1.82) is 0 Å². The van der Waals surface area contributed by atoms with E-state index < -0.39 is 20.9 Å². The molecule has 20 heavy (non-hydrogen) atoms. The van der Waals surface area contributed by atoms with Crippen molar-refractivity contribution in [2.24, 2.45) is 0 Å². The van der Waals surface area contributed by atoms with E-state index in [4.69, 9.17) is 27.9 Å². The second kappa shape index (κ2) is 7.91. The van der Waals surface area contributed by atoms with E-state index in [0.717, 1.165) is 12.1 Å². The number of hydrogen-bond acceptors (Lipinski definition) is 3. The molecular weight excluding hydrogens is 396 g/mol. The first kappa shape index (κ1) is 18.1. The highest BCUT2D eigenvalue weighted by Gasteiger charge is 2.21. The molecule has 0 aliphatic carbocycles. The molecule has 0 bridgehead atoms. The zero-order chi connectivity index (χ0) is 15.3. The molecule has 0 heterocycles. The molecule has 1 rings (SSSR count). The van der Waals surface area contributed by atoms with Crippen LogP contribution in [-0.4, -0.2) is 33.5 Å². The summed E-state index contributed by atoms with van der Waals surface area (Å²) in [7, 11) is -2.33. The standard InChI is InChI=1S/C11H13BrCl2FNO3S/c1-19-6-7(12)4-5-16-20(17,18)9-3-2-8(13)11(15)10(9)14/h2-3,7,16H,4-6H2,1H3. The van der Waals surface area contributed by atoms with Crippen LogP contribution >= 0.6 is 39.1 Å². The van der Waals surface area contributed by atoms with Crippen LogP contribution < -0.4 is 4.72 Å². The highest BCUT2D eigenvalue weighted by molar-refractivity contribution is 9.09. The van der Waals surface area contributed by atoms with Crippen molar-refractivity contribution < 1.29 is 17.5 Å². The first-order chi connectivity index (χ1) is 9.29.